The van der Waals surface area contributed by atoms with Gasteiger partial charge in [-0.15, -0.1) is 0 Å². The maximum absolute atomic E-state index is 4.07. The van der Waals surface area contributed by atoms with Crippen LogP contribution in [-0.4, -0.2) is 23.9 Å². The molecule has 0 bridgehead atoms. The molecule has 12 heavy (non-hydrogen) atoms. The highest BCUT2D eigenvalue weighted by Gasteiger charge is 2.17. The molecule has 3 heteroatoms. The molecule has 0 aromatic heterocycles. The zero-order valence-electron chi connectivity index (χ0n) is 8.08. The molecule has 0 saturated carbocycles. The van der Waals surface area contributed by atoms with Crippen LogP contribution < -0.4 is 5.43 Å². The number of rotatable bonds is 5. The lowest BCUT2D eigenvalue weighted by Gasteiger charge is -2.22. The Kier molecular flexibility index (Phi) is 3.91. The molecule has 1 N–H and O–H groups in total. The molecule has 0 radical (unpaired) electrons. The second kappa shape index (κ2) is 5.01. The summed E-state index contributed by atoms with van der Waals surface area (Å²) in [5.41, 5.74) is 3.12. The van der Waals surface area contributed by atoms with Gasteiger partial charge in [0, 0.05) is 6.54 Å². The summed E-state index contributed by atoms with van der Waals surface area (Å²) >= 11 is 0. The quantitative estimate of drug-likeness (QED) is 0.679. The van der Waals surface area contributed by atoms with Gasteiger partial charge in [-0.05, 0) is 19.3 Å². The van der Waals surface area contributed by atoms with Crippen molar-refractivity contribution in [3.63, 3.8) is 0 Å². The van der Waals surface area contributed by atoms with Crippen molar-refractivity contribution >= 4 is 6.34 Å². The maximum atomic E-state index is 4.07. The van der Waals surface area contributed by atoms with Crippen LogP contribution in [0.3, 0.4) is 0 Å². The molecule has 1 atom stereocenters. The van der Waals surface area contributed by atoms with Crippen LogP contribution in [0.25, 0.3) is 0 Å². The summed E-state index contributed by atoms with van der Waals surface area (Å²) in [5.74, 6) is 0. The van der Waals surface area contributed by atoms with Crippen LogP contribution in [0, 0.1) is 0 Å². The van der Waals surface area contributed by atoms with E-state index in [1.807, 2.05) is 6.34 Å². The first-order chi connectivity index (χ1) is 5.88. The minimum absolute atomic E-state index is 0.463. The van der Waals surface area contributed by atoms with Crippen LogP contribution in [0.5, 0.6) is 0 Å². The summed E-state index contributed by atoms with van der Waals surface area (Å²) in [7, 11) is 0. The first-order valence-electron chi connectivity index (χ1n) is 4.93. The molecular weight excluding hydrogens is 150 g/mol. The lowest BCUT2D eigenvalue weighted by molar-refractivity contribution is 0.284. The summed E-state index contributed by atoms with van der Waals surface area (Å²) < 4.78 is 0. The predicted octanol–water partition coefficient (Wildman–Crippen LogP) is 1.76. The van der Waals surface area contributed by atoms with Crippen molar-refractivity contribution in [3.8, 4) is 0 Å². The second-order valence-electron chi connectivity index (χ2n) is 3.27. The molecular formula is C9H19N3. The van der Waals surface area contributed by atoms with Gasteiger partial charge in [-0.2, -0.15) is 5.10 Å². The lowest BCUT2D eigenvalue weighted by Crippen LogP contribution is -2.37. The van der Waals surface area contributed by atoms with Crippen molar-refractivity contribution in [2.24, 2.45) is 5.10 Å². The average molecular weight is 169 g/mol. The molecule has 0 aromatic carbocycles. The molecule has 3 nitrogen and oxygen atoms in total. The zero-order chi connectivity index (χ0) is 8.81. The molecule has 1 rings (SSSR count). The molecule has 70 valence electrons. The second-order valence-corrected chi connectivity index (χ2v) is 3.27. The van der Waals surface area contributed by atoms with E-state index in [-0.39, 0.29) is 0 Å². The van der Waals surface area contributed by atoms with E-state index in [2.05, 4.69) is 29.3 Å². The maximum Gasteiger partial charge on any atom is 0.116 e. The van der Waals surface area contributed by atoms with E-state index in [1.54, 1.807) is 0 Å². The van der Waals surface area contributed by atoms with Crippen molar-refractivity contribution in [3.05, 3.63) is 0 Å². The van der Waals surface area contributed by atoms with E-state index in [0.29, 0.717) is 6.17 Å². The topological polar surface area (TPSA) is 27.6 Å². The molecule has 0 saturated heterocycles. The molecule has 0 spiro atoms. The normalized spacial score (nSPS) is 21.5. The summed E-state index contributed by atoms with van der Waals surface area (Å²) in [4.78, 5) is 2.29. The Hall–Kier alpha value is -0.730. The van der Waals surface area contributed by atoms with Crippen LogP contribution in [0.4, 0.5) is 0 Å². The van der Waals surface area contributed by atoms with E-state index in [0.717, 1.165) is 6.54 Å². The minimum atomic E-state index is 0.463. The average Bonchev–Trinajstić information content (AvgIpc) is 2.50. The fourth-order valence-corrected chi connectivity index (χ4v) is 1.45. The van der Waals surface area contributed by atoms with Crippen molar-refractivity contribution in [1.82, 2.24) is 10.3 Å². The molecule has 1 heterocycles. The Morgan fingerprint density at radius 1 is 1.42 bits per heavy atom. The summed E-state index contributed by atoms with van der Waals surface area (Å²) in [6, 6.07) is 0. The van der Waals surface area contributed by atoms with Gasteiger partial charge in [0.2, 0.25) is 0 Å². The predicted molar refractivity (Wildman–Crippen MR) is 51.9 cm³/mol. The smallest absolute Gasteiger partial charge is 0.116 e. The molecule has 1 aliphatic heterocycles. The molecule has 0 fully saturated rings. The van der Waals surface area contributed by atoms with Gasteiger partial charge >= 0.3 is 0 Å². The SMILES string of the molecule is CCCCC1NN=CN1CCC. The Morgan fingerprint density at radius 3 is 2.92 bits per heavy atom. The molecule has 0 amide bonds. The van der Waals surface area contributed by atoms with Gasteiger partial charge in [-0.1, -0.05) is 20.3 Å². The fourth-order valence-electron chi connectivity index (χ4n) is 1.45. The van der Waals surface area contributed by atoms with Gasteiger partial charge in [0.1, 0.15) is 12.5 Å². The molecule has 0 aliphatic carbocycles. The minimum Gasteiger partial charge on any atom is -0.340 e. The van der Waals surface area contributed by atoms with Gasteiger partial charge in [0.15, 0.2) is 0 Å². The van der Waals surface area contributed by atoms with Gasteiger partial charge in [0.25, 0.3) is 0 Å². The number of nitrogens with zero attached hydrogens (tertiary/aromatic N) is 2. The fraction of sp³-hybridized carbons (Fsp3) is 0.889. The molecule has 1 aliphatic rings. The summed E-state index contributed by atoms with van der Waals surface area (Å²) in [6.45, 7) is 5.54. The van der Waals surface area contributed by atoms with Gasteiger partial charge in [-0.25, -0.2) is 0 Å². The van der Waals surface area contributed by atoms with Crippen LogP contribution in [0.2, 0.25) is 0 Å². The zero-order valence-corrected chi connectivity index (χ0v) is 8.08. The monoisotopic (exact) mass is 169 g/mol. The van der Waals surface area contributed by atoms with Crippen LogP contribution in [0.1, 0.15) is 39.5 Å². The number of hydrogen-bond acceptors (Lipinski definition) is 3. The standard InChI is InChI=1S/C9H19N3/c1-3-5-6-9-11-10-8-12(9)7-4-2/h8-9,11H,3-7H2,1-2H3. The first kappa shape index (κ1) is 9.36. The largest absolute Gasteiger partial charge is 0.340 e. The van der Waals surface area contributed by atoms with E-state index in [1.165, 1.54) is 25.7 Å². The van der Waals surface area contributed by atoms with Crippen LogP contribution in [-0.2, 0) is 0 Å². The van der Waals surface area contributed by atoms with E-state index in [4.69, 9.17) is 0 Å². The lowest BCUT2D eigenvalue weighted by atomic mass is 10.2. The highest BCUT2D eigenvalue weighted by Crippen LogP contribution is 2.08. The first-order valence-corrected chi connectivity index (χ1v) is 4.93. The third-order valence-corrected chi connectivity index (χ3v) is 2.14. The highest BCUT2D eigenvalue weighted by molar-refractivity contribution is 5.56. The van der Waals surface area contributed by atoms with E-state index < -0.39 is 0 Å². The van der Waals surface area contributed by atoms with Crippen molar-refractivity contribution in [1.29, 1.82) is 0 Å². The number of hydrazone groups is 1. The van der Waals surface area contributed by atoms with Gasteiger partial charge in [0.05, 0.1) is 0 Å². The highest BCUT2D eigenvalue weighted by atomic mass is 15.5. The molecule has 1 unspecified atom stereocenters. The van der Waals surface area contributed by atoms with Gasteiger partial charge < -0.3 is 4.90 Å². The van der Waals surface area contributed by atoms with Crippen LogP contribution >= 0.6 is 0 Å². The Labute approximate surface area is 74.8 Å². The van der Waals surface area contributed by atoms with Crippen molar-refractivity contribution in [2.45, 2.75) is 45.7 Å². The number of nitrogens with one attached hydrogen (secondary N) is 1. The Morgan fingerprint density at radius 2 is 2.25 bits per heavy atom. The summed E-state index contributed by atoms with van der Waals surface area (Å²) in [6.07, 6.45) is 7.32. The van der Waals surface area contributed by atoms with Crippen molar-refractivity contribution < 1.29 is 0 Å². The van der Waals surface area contributed by atoms with Crippen molar-refractivity contribution in [2.75, 3.05) is 6.54 Å². The molecule has 0 aromatic rings. The third kappa shape index (κ3) is 2.40. The number of unbranched alkanes of at least 4 members (excludes halogenated alkanes) is 1. The summed E-state index contributed by atoms with van der Waals surface area (Å²) in [5, 5.41) is 4.07. The third-order valence-electron chi connectivity index (χ3n) is 2.14. The Balaban J connectivity index is 2.24. The van der Waals surface area contributed by atoms with Crippen LogP contribution in [0.15, 0.2) is 5.10 Å². The number of hydrogen-bond donors (Lipinski definition) is 1. The van der Waals surface area contributed by atoms with Gasteiger partial charge in [-0.3, -0.25) is 5.43 Å². The van der Waals surface area contributed by atoms with E-state index in [9.17, 15) is 0 Å². The van der Waals surface area contributed by atoms with E-state index >= 15 is 0 Å². The Bertz CT molecular complexity index is 145.